The first-order valence-corrected chi connectivity index (χ1v) is 9.08. The number of amides is 2. The molecule has 0 aliphatic carbocycles. The van der Waals surface area contributed by atoms with E-state index in [0.717, 1.165) is 5.56 Å². The number of likely N-dealkylation sites (tertiary alicyclic amines) is 1. The van der Waals surface area contributed by atoms with Gasteiger partial charge in [-0.15, -0.1) is 0 Å². The van der Waals surface area contributed by atoms with Crippen molar-refractivity contribution < 1.29 is 19.1 Å². The lowest BCUT2D eigenvalue weighted by Gasteiger charge is -2.29. The third kappa shape index (κ3) is 3.30. The number of rotatable bonds is 5. The molecule has 2 aromatic rings. The number of carbonyl (C=O) groups is 3. The maximum atomic E-state index is 12.7. The van der Waals surface area contributed by atoms with Crippen molar-refractivity contribution in [2.45, 2.75) is 31.5 Å². The molecule has 1 N–H and O–H groups in total. The minimum atomic E-state index is -0.825. The van der Waals surface area contributed by atoms with Gasteiger partial charge in [0.15, 0.2) is 0 Å². The van der Waals surface area contributed by atoms with Crippen LogP contribution in [0.25, 0.3) is 0 Å². The first kappa shape index (κ1) is 17.3. The molecule has 2 atom stereocenters. The summed E-state index contributed by atoms with van der Waals surface area (Å²) in [6, 6.07) is 16.2. The standard InChI is InChI=1S/C21H20N2O4/c24-18-11-10-17(19(25)22-13-12-14-6-2-1-3-7-14)23(18)20-15-8-4-5-9-16(15)21(26)27-20/h1-9,17,20H,10-13H2,(H,22,25)/t17-,20?/m0/s1. The molecule has 2 aliphatic rings. The number of cyclic esters (lactones) is 1. The Labute approximate surface area is 157 Å². The van der Waals surface area contributed by atoms with Crippen molar-refractivity contribution in [1.82, 2.24) is 10.2 Å². The van der Waals surface area contributed by atoms with Crippen LogP contribution in [-0.2, 0) is 20.7 Å². The molecule has 1 unspecified atom stereocenters. The quantitative estimate of drug-likeness (QED) is 0.826. The van der Waals surface area contributed by atoms with E-state index in [0.29, 0.717) is 30.5 Å². The summed E-state index contributed by atoms with van der Waals surface area (Å²) in [5.74, 6) is -0.844. The molecule has 1 fully saturated rings. The first-order chi connectivity index (χ1) is 13.1. The summed E-state index contributed by atoms with van der Waals surface area (Å²) in [7, 11) is 0. The van der Waals surface area contributed by atoms with Crippen LogP contribution in [0, 0.1) is 0 Å². The van der Waals surface area contributed by atoms with Gasteiger partial charge in [0, 0.05) is 18.5 Å². The van der Waals surface area contributed by atoms with Crippen molar-refractivity contribution in [2.24, 2.45) is 0 Å². The summed E-state index contributed by atoms with van der Waals surface area (Å²) in [5.41, 5.74) is 2.22. The molecule has 0 bridgehead atoms. The highest BCUT2D eigenvalue weighted by molar-refractivity contribution is 5.96. The Morgan fingerprint density at radius 2 is 1.81 bits per heavy atom. The number of hydrogen-bond donors (Lipinski definition) is 1. The van der Waals surface area contributed by atoms with Crippen LogP contribution in [-0.4, -0.2) is 35.3 Å². The lowest BCUT2D eigenvalue weighted by molar-refractivity contribution is -0.145. The number of carbonyl (C=O) groups excluding carboxylic acids is 3. The molecule has 6 nitrogen and oxygen atoms in total. The normalized spacial score (nSPS) is 21.1. The third-order valence-electron chi connectivity index (χ3n) is 5.03. The van der Waals surface area contributed by atoms with Crippen LogP contribution in [0.1, 0.15) is 40.6 Å². The predicted octanol–water partition coefficient (Wildman–Crippen LogP) is 2.21. The molecule has 2 aliphatic heterocycles. The number of hydrogen-bond acceptors (Lipinski definition) is 4. The van der Waals surface area contributed by atoms with Crippen LogP contribution in [0.2, 0.25) is 0 Å². The van der Waals surface area contributed by atoms with E-state index < -0.39 is 18.2 Å². The fraction of sp³-hybridized carbons (Fsp3) is 0.286. The fourth-order valence-corrected chi connectivity index (χ4v) is 3.68. The van der Waals surface area contributed by atoms with Gasteiger partial charge < -0.3 is 10.1 Å². The average Bonchev–Trinajstić information content (AvgIpc) is 3.23. The minimum absolute atomic E-state index is 0.173. The molecule has 27 heavy (non-hydrogen) atoms. The Bertz CT molecular complexity index is 881. The summed E-state index contributed by atoms with van der Waals surface area (Å²) in [5, 5.41) is 2.91. The molecule has 2 heterocycles. The third-order valence-corrected chi connectivity index (χ3v) is 5.03. The number of nitrogens with one attached hydrogen (secondary N) is 1. The highest BCUT2D eigenvalue weighted by Gasteiger charge is 2.46. The predicted molar refractivity (Wildman–Crippen MR) is 97.6 cm³/mol. The summed E-state index contributed by atoms with van der Waals surface area (Å²) in [6.07, 6.45) is 0.585. The zero-order valence-corrected chi connectivity index (χ0v) is 14.8. The van der Waals surface area contributed by atoms with Crippen molar-refractivity contribution in [1.29, 1.82) is 0 Å². The van der Waals surface area contributed by atoms with Gasteiger partial charge in [0.25, 0.3) is 0 Å². The molecule has 0 radical (unpaired) electrons. The Morgan fingerprint density at radius 1 is 1.07 bits per heavy atom. The number of nitrogens with zero attached hydrogens (tertiary/aromatic N) is 1. The Morgan fingerprint density at radius 3 is 2.63 bits per heavy atom. The van der Waals surface area contributed by atoms with Gasteiger partial charge in [-0.1, -0.05) is 48.5 Å². The van der Waals surface area contributed by atoms with Gasteiger partial charge in [-0.3, -0.25) is 14.5 Å². The Balaban J connectivity index is 1.46. The van der Waals surface area contributed by atoms with E-state index in [9.17, 15) is 14.4 Å². The molecule has 2 amide bonds. The van der Waals surface area contributed by atoms with Crippen LogP contribution in [0.15, 0.2) is 54.6 Å². The number of fused-ring (bicyclic) bond motifs is 1. The zero-order chi connectivity index (χ0) is 18.8. The number of benzene rings is 2. The maximum absolute atomic E-state index is 12.7. The smallest absolute Gasteiger partial charge is 0.340 e. The molecule has 0 aromatic heterocycles. The molecular weight excluding hydrogens is 344 g/mol. The highest BCUT2D eigenvalue weighted by atomic mass is 16.6. The van der Waals surface area contributed by atoms with Gasteiger partial charge in [-0.25, -0.2) is 4.79 Å². The molecule has 1 saturated heterocycles. The first-order valence-electron chi connectivity index (χ1n) is 9.08. The van der Waals surface area contributed by atoms with Crippen molar-refractivity contribution in [3.05, 3.63) is 71.3 Å². The van der Waals surface area contributed by atoms with Crippen molar-refractivity contribution in [3.63, 3.8) is 0 Å². The van der Waals surface area contributed by atoms with E-state index in [1.54, 1.807) is 24.3 Å². The van der Waals surface area contributed by atoms with Gasteiger partial charge in [0.05, 0.1) is 5.56 Å². The van der Waals surface area contributed by atoms with Gasteiger partial charge in [0.2, 0.25) is 18.0 Å². The SMILES string of the molecule is O=C1OC(N2C(=O)CC[C@H]2C(=O)NCCc2ccccc2)c2ccccc21. The van der Waals surface area contributed by atoms with E-state index in [2.05, 4.69) is 5.32 Å². The van der Waals surface area contributed by atoms with Gasteiger partial charge in [-0.05, 0) is 24.5 Å². The molecule has 4 rings (SSSR count). The van der Waals surface area contributed by atoms with Gasteiger partial charge >= 0.3 is 5.97 Å². The number of ether oxygens (including phenoxy) is 1. The van der Waals surface area contributed by atoms with Crippen molar-refractivity contribution in [3.8, 4) is 0 Å². The van der Waals surface area contributed by atoms with Crippen molar-refractivity contribution >= 4 is 17.8 Å². The topological polar surface area (TPSA) is 75.7 Å². The van der Waals surface area contributed by atoms with E-state index in [4.69, 9.17) is 4.74 Å². The summed E-state index contributed by atoms with van der Waals surface area (Å²) in [6.45, 7) is 0.489. The van der Waals surface area contributed by atoms with Gasteiger partial charge in [0.1, 0.15) is 6.04 Å². The largest absolute Gasteiger partial charge is 0.433 e. The van der Waals surface area contributed by atoms with Gasteiger partial charge in [-0.2, -0.15) is 0 Å². The monoisotopic (exact) mass is 364 g/mol. The van der Waals surface area contributed by atoms with Crippen LogP contribution in [0.5, 0.6) is 0 Å². The van der Waals surface area contributed by atoms with Crippen LogP contribution >= 0.6 is 0 Å². The van der Waals surface area contributed by atoms with Crippen LogP contribution < -0.4 is 5.32 Å². The van der Waals surface area contributed by atoms with Crippen molar-refractivity contribution in [2.75, 3.05) is 6.54 Å². The summed E-state index contributed by atoms with van der Waals surface area (Å²) >= 11 is 0. The minimum Gasteiger partial charge on any atom is -0.433 e. The fourth-order valence-electron chi connectivity index (χ4n) is 3.68. The zero-order valence-electron chi connectivity index (χ0n) is 14.8. The molecule has 6 heteroatoms. The highest BCUT2D eigenvalue weighted by Crippen LogP contribution is 2.38. The Kier molecular flexibility index (Phi) is 4.62. The van der Waals surface area contributed by atoms with E-state index >= 15 is 0 Å². The van der Waals surface area contributed by atoms with Crippen LogP contribution in [0.3, 0.4) is 0 Å². The summed E-state index contributed by atoms with van der Waals surface area (Å²) in [4.78, 5) is 38.6. The molecular formula is C21H20N2O4. The summed E-state index contributed by atoms with van der Waals surface area (Å²) < 4.78 is 5.43. The second-order valence-electron chi connectivity index (χ2n) is 6.73. The maximum Gasteiger partial charge on any atom is 0.340 e. The average molecular weight is 364 g/mol. The second kappa shape index (κ2) is 7.23. The number of esters is 1. The molecule has 138 valence electrons. The van der Waals surface area contributed by atoms with Crippen LogP contribution in [0.4, 0.5) is 0 Å². The molecule has 0 spiro atoms. The lowest BCUT2D eigenvalue weighted by atomic mass is 10.1. The Hall–Kier alpha value is -3.15. The lowest BCUT2D eigenvalue weighted by Crippen LogP contribution is -2.46. The van der Waals surface area contributed by atoms with E-state index in [1.165, 1.54) is 4.90 Å². The van der Waals surface area contributed by atoms with E-state index in [-0.39, 0.29) is 18.2 Å². The molecule has 0 saturated carbocycles. The van der Waals surface area contributed by atoms with E-state index in [1.807, 2.05) is 30.3 Å². The molecule has 2 aromatic carbocycles. The second-order valence-corrected chi connectivity index (χ2v) is 6.73.